The van der Waals surface area contributed by atoms with Gasteiger partial charge >= 0.3 is 0 Å². The van der Waals surface area contributed by atoms with E-state index in [-0.39, 0.29) is 0 Å². The van der Waals surface area contributed by atoms with E-state index in [0.717, 1.165) is 29.6 Å². The standard InChI is InChI=1S/C15H19N7/c1-4-13-12(10-21(3)20-13)7-18-14-8-16-9-15(19-14)22-6-5-17-11(22)2/h5-6,8-10H,4,7H2,1-3H3,(H,18,19). The molecule has 0 amide bonds. The van der Waals surface area contributed by atoms with E-state index in [1.807, 2.05) is 35.6 Å². The lowest BCUT2D eigenvalue weighted by Crippen LogP contribution is -2.06. The van der Waals surface area contributed by atoms with Crippen molar-refractivity contribution in [2.45, 2.75) is 26.8 Å². The van der Waals surface area contributed by atoms with Crippen molar-refractivity contribution in [3.8, 4) is 5.82 Å². The largest absolute Gasteiger partial charge is 0.365 e. The van der Waals surface area contributed by atoms with E-state index in [1.54, 1.807) is 18.6 Å². The zero-order valence-electron chi connectivity index (χ0n) is 13.0. The van der Waals surface area contributed by atoms with Crippen LogP contribution in [0.25, 0.3) is 5.82 Å². The van der Waals surface area contributed by atoms with Gasteiger partial charge in [-0.15, -0.1) is 0 Å². The molecule has 7 nitrogen and oxygen atoms in total. The fraction of sp³-hybridized carbons (Fsp3) is 0.333. The lowest BCUT2D eigenvalue weighted by molar-refractivity contribution is 0.746. The first kappa shape index (κ1) is 14.2. The third-order valence-electron chi connectivity index (χ3n) is 3.48. The van der Waals surface area contributed by atoms with E-state index in [9.17, 15) is 0 Å². The van der Waals surface area contributed by atoms with Crippen LogP contribution in [0.1, 0.15) is 24.0 Å². The van der Waals surface area contributed by atoms with Gasteiger partial charge in [0.2, 0.25) is 0 Å². The van der Waals surface area contributed by atoms with Crippen molar-refractivity contribution >= 4 is 5.82 Å². The summed E-state index contributed by atoms with van der Waals surface area (Å²) in [5.41, 5.74) is 2.28. The lowest BCUT2D eigenvalue weighted by Gasteiger charge is -2.08. The predicted molar refractivity (Wildman–Crippen MR) is 83.8 cm³/mol. The maximum atomic E-state index is 4.58. The van der Waals surface area contributed by atoms with Crippen molar-refractivity contribution < 1.29 is 0 Å². The molecule has 0 aromatic carbocycles. The van der Waals surface area contributed by atoms with Crippen molar-refractivity contribution in [2.24, 2.45) is 7.05 Å². The Morgan fingerprint density at radius 1 is 1.27 bits per heavy atom. The fourth-order valence-corrected chi connectivity index (χ4v) is 2.39. The number of hydrogen-bond acceptors (Lipinski definition) is 5. The second kappa shape index (κ2) is 5.97. The average Bonchev–Trinajstić information content (AvgIpc) is 3.10. The van der Waals surface area contributed by atoms with Crippen LogP contribution in [0.15, 0.2) is 31.0 Å². The van der Waals surface area contributed by atoms with Gasteiger partial charge in [-0.2, -0.15) is 5.10 Å². The maximum absolute atomic E-state index is 4.58. The molecule has 0 bridgehead atoms. The first-order valence-corrected chi connectivity index (χ1v) is 7.25. The van der Waals surface area contributed by atoms with Crippen LogP contribution in [0.3, 0.4) is 0 Å². The maximum Gasteiger partial charge on any atom is 0.159 e. The Bertz CT molecular complexity index is 772. The molecule has 0 atom stereocenters. The molecule has 0 radical (unpaired) electrons. The highest BCUT2D eigenvalue weighted by molar-refractivity contribution is 5.37. The molecule has 0 saturated carbocycles. The monoisotopic (exact) mass is 297 g/mol. The van der Waals surface area contributed by atoms with E-state index in [0.29, 0.717) is 6.54 Å². The van der Waals surface area contributed by atoms with E-state index in [1.165, 1.54) is 5.56 Å². The summed E-state index contributed by atoms with van der Waals surface area (Å²) in [5, 5.41) is 7.75. The second-order valence-corrected chi connectivity index (χ2v) is 5.09. The molecule has 3 aromatic heterocycles. The van der Waals surface area contributed by atoms with E-state index in [4.69, 9.17) is 0 Å². The van der Waals surface area contributed by atoms with Gasteiger partial charge in [0.25, 0.3) is 0 Å². The van der Waals surface area contributed by atoms with Crippen LogP contribution in [0.4, 0.5) is 5.82 Å². The Kier molecular flexibility index (Phi) is 3.86. The Labute approximate surface area is 129 Å². The summed E-state index contributed by atoms with van der Waals surface area (Å²) in [4.78, 5) is 13.0. The van der Waals surface area contributed by atoms with E-state index < -0.39 is 0 Å². The number of imidazole rings is 1. The SMILES string of the molecule is CCc1nn(C)cc1CNc1cncc(-n2ccnc2C)n1. The normalized spacial score (nSPS) is 10.9. The molecular formula is C15H19N7. The minimum absolute atomic E-state index is 0.679. The number of anilines is 1. The molecule has 0 fully saturated rings. The number of aryl methyl sites for hydroxylation is 3. The number of rotatable bonds is 5. The zero-order chi connectivity index (χ0) is 15.5. The zero-order valence-corrected chi connectivity index (χ0v) is 13.0. The summed E-state index contributed by atoms with van der Waals surface area (Å²) in [5.74, 6) is 2.37. The lowest BCUT2D eigenvalue weighted by atomic mass is 10.2. The van der Waals surface area contributed by atoms with Crippen molar-refractivity contribution in [2.75, 3.05) is 5.32 Å². The molecule has 114 valence electrons. The fourth-order valence-electron chi connectivity index (χ4n) is 2.39. The molecule has 0 aliphatic rings. The van der Waals surface area contributed by atoms with Crippen LogP contribution in [-0.2, 0) is 20.0 Å². The summed E-state index contributed by atoms with van der Waals surface area (Å²) < 4.78 is 3.74. The van der Waals surface area contributed by atoms with Gasteiger partial charge in [-0.25, -0.2) is 9.97 Å². The van der Waals surface area contributed by atoms with E-state index in [2.05, 4.69) is 32.3 Å². The van der Waals surface area contributed by atoms with Gasteiger partial charge in [0.05, 0.1) is 18.1 Å². The number of hydrogen-bond donors (Lipinski definition) is 1. The van der Waals surface area contributed by atoms with Crippen LogP contribution in [0.5, 0.6) is 0 Å². The topological polar surface area (TPSA) is 73.5 Å². The molecule has 3 aromatic rings. The number of aromatic nitrogens is 6. The molecular weight excluding hydrogens is 278 g/mol. The highest BCUT2D eigenvalue weighted by Gasteiger charge is 2.07. The molecule has 0 saturated heterocycles. The molecule has 0 spiro atoms. The van der Waals surface area contributed by atoms with Crippen molar-refractivity contribution in [1.29, 1.82) is 0 Å². The van der Waals surface area contributed by atoms with Gasteiger partial charge in [0.1, 0.15) is 11.6 Å². The summed E-state index contributed by atoms with van der Waals surface area (Å²) in [7, 11) is 1.94. The Morgan fingerprint density at radius 2 is 2.14 bits per heavy atom. The van der Waals surface area contributed by atoms with Crippen LogP contribution in [-0.4, -0.2) is 29.3 Å². The van der Waals surface area contributed by atoms with Crippen molar-refractivity contribution in [3.05, 3.63) is 48.1 Å². The van der Waals surface area contributed by atoms with E-state index >= 15 is 0 Å². The van der Waals surface area contributed by atoms with Gasteiger partial charge in [-0.1, -0.05) is 6.92 Å². The van der Waals surface area contributed by atoms with Gasteiger partial charge in [0, 0.05) is 37.7 Å². The Hall–Kier alpha value is -2.70. The van der Waals surface area contributed by atoms with Crippen LogP contribution in [0, 0.1) is 6.92 Å². The second-order valence-electron chi connectivity index (χ2n) is 5.09. The van der Waals surface area contributed by atoms with Gasteiger partial charge in [0.15, 0.2) is 5.82 Å². The van der Waals surface area contributed by atoms with Crippen molar-refractivity contribution in [1.82, 2.24) is 29.3 Å². The molecule has 0 aliphatic carbocycles. The average molecular weight is 297 g/mol. The molecule has 0 unspecified atom stereocenters. The van der Waals surface area contributed by atoms with Gasteiger partial charge in [-0.3, -0.25) is 14.2 Å². The summed E-state index contributed by atoms with van der Waals surface area (Å²) >= 11 is 0. The number of nitrogens with zero attached hydrogens (tertiary/aromatic N) is 6. The first-order chi connectivity index (χ1) is 10.7. The third kappa shape index (κ3) is 2.83. The van der Waals surface area contributed by atoms with Crippen LogP contribution < -0.4 is 5.32 Å². The molecule has 3 rings (SSSR count). The molecule has 7 heteroatoms. The highest BCUT2D eigenvalue weighted by Crippen LogP contribution is 2.12. The molecule has 0 aliphatic heterocycles. The quantitative estimate of drug-likeness (QED) is 0.778. The molecule has 22 heavy (non-hydrogen) atoms. The minimum atomic E-state index is 0.679. The number of nitrogens with one attached hydrogen (secondary N) is 1. The molecule has 1 N–H and O–H groups in total. The van der Waals surface area contributed by atoms with Gasteiger partial charge in [-0.05, 0) is 13.3 Å². The van der Waals surface area contributed by atoms with Crippen LogP contribution >= 0.6 is 0 Å². The smallest absolute Gasteiger partial charge is 0.159 e. The Balaban J connectivity index is 1.77. The summed E-state index contributed by atoms with van der Waals surface area (Å²) in [6.45, 7) is 4.72. The predicted octanol–water partition coefficient (Wildman–Crippen LogP) is 1.88. The van der Waals surface area contributed by atoms with Gasteiger partial charge < -0.3 is 5.32 Å². The summed E-state index contributed by atoms with van der Waals surface area (Å²) in [6.07, 6.45) is 10.0. The Morgan fingerprint density at radius 3 is 2.86 bits per heavy atom. The third-order valence-corrected chi connectivity index (χ3v) is 3.48. The van der Waals surface area contributed by atoms with Crippen molar-refractivity contribution in [3.63, 3.8) is 0 Å². The minimum Gasteiger partial charge on any atom is -0.365 e. The summed E-state index contributed by atoms with van der Waals surface area (Å²) in [6, 6.07) is 0. The van der Waals surface area contributed by atoms with Crippen LogP contribution in [0.2, 0.25) is 0 Å². The highest BCUT2D eigenvalue weighted by atomic mass is 15.3. The molecule has 3 heterocycles. The first-order valence-electron chi connectivity index (χ1n) is 7.25.